The summed E-state index contributed by atoms with van der Waals surface area (Å²) in [7, 11) is 3.96. The van der Waals surface area contributed by atoms with Crippen molar-refractivity contribution in [3.8, 4) is 0 Å². The number of carbonyl (C=O) groups excluding carboxylic acids is 1. The predicted molar refractivity (Wildman–Crippen MR) is 101 cm³/mol. The minimum atomic E-state index is -0.590. The van der Waals surface area contributed by atoms with Crippen LogP contribution in [0, 0.1) is 10.1 Å². The highest BCUT2D eigenvalue weighted by Gasteiger charge is 2.21. The van der Waals surface area contributed by atoms with Gasteiger partial charge in [-0.15, -0.1) is 0 Å². The lowest BCUT2D eigenvalue weighted by Gasteiger charge is -2.16. The molecule has 26 heavy (non-hydrogen) atoms. The van der Waals surface area contributed by atoms with Gasteiger partial charge in [0.15, 0.2) is 5.78 Å². The van der Waals surface area contributed by atoms with Crippen molar-refractivity contribution in [2.45, 2.75) is 19.3 Å². The minimum Gasteiger partial charge on any atom is -0.401 e. The van der Waals surface area contributed by atoms with Gasteiger partial charge in [0, 0.05) is 30.9 Å². The van der Waals surface area contributed by atoms with Crippen LogP contribution in [0.25, 0.3) is 12.2 Å². The van der Waals surface area contributed by atoms with Crippen molar-refractivity contribution in [1.29, 1.82) is 0 Å². The van der Waals surface area contributed by atoms with Crippen LogP contribution in [-0.4, -0.2) is 24.8 Å². The van der Waals surface area contributed by atoms with E-state index in [1.54, 1.807) is 6.08 Å². The summed E-state index contributed by atoms with van der Waals surface area (Å²) in [6.07, 6.45) is 5.76. The third-order valence-electron chi connectivity index (χ3n) is 4.33. The molecule has 0 bridgehead atoms. The van der Waals surface area contributed by atoms with Gasteiger partial charge in [0.25, 0.3) is 0 Å². The van der Waals surface area contributed by atoms with Crippen LogP contribution < -0.4 is 4.90 Å². The van der Waals surface area contributed by atoms with Crippen LogP contribution in [-0.2, 0) is 4.79 Å². The molecular formula is C20H20N2O4. The van der Waals surface area contributed by atoms with Crippen LogP contribution in [0.2, 0.25) is 0 Å². The maximum Gasteiger partial charge on any atom is 0.433 e. The molecule has 0 N–H and O–H groups in total. The van der Waals surface area contributed by atoms with E-state index in [2.05, 4.69) is 0 Å². The molecule has 2 aromatic rings. The molecule has 0 aliphatic heterocycles. The minimum absolute atomic E-state index is 0.0213. The van der Waals surface area contributed by atoms with E-state index in [0.717, 1.165) is 29.7 Å². The second-order valence-corrected chi connectivity index (χ2v) is 6.44. The third kappa shape index (κ3) is 3.91. The molecule has 0 spiro atoms. The molecular weight excluding hydrogens is 332 g/mol. The number of allylic oxidation sites excluding steroid dienone is 2. The normalized spacial score (nSPS) is 17.7. The molecule has 1 aromatic carbocycles. The van der Waals surface area contributed by atoms with Crippen molar-refractivity contribution >= 4 is 29.5 Å². The van der Waals surface area contributed by atoms with E-state index in [9.17, 15) is 14.9 Å². The van der Waals surface area contributed by atoms with E-state index >= 15 is 0 Å². The van der Waals surface area contributed by atoms with Crippen molar-refractivity contribution in [2.75, 3.05) is 19.0 Å². The Hall–Kier alpha value is -3.15. The standard InChI is InChI=1S/C20H20N2O4/c1-21(2)17-8-6-14(7-9-17)12-15-4-3-5-16(20(15)23)13-18-10-11-19(26-18)22(24)25/h6-13H,3-5H2,1-2H3/b15-12?,16-13-. The topological polar surface area (TPSA) is 76.6 Å². The molecule has 1 aliphatic rings. The molecule has 0 saturated heterocycles. The van der Waals surface area contributed by atoms with E-state index in [0.29, 0.717) is 17.8 Å². The fourth-order valence-electron chi connectivity index (χ4n) is 2.94. The highest BCUT2D eigenvalue weighted by molar-refractivity contribution is 6.13. The molecule has 3 rings (SSSR count). The second kappa shape index (κ2) is 7.39. The Morgan fingerprint density at radius 1 is 1.04 bits per heavy atom. The molecule has 0 amide bonds. The summed E-state index contributed by atoms with van der Waals surface area (Å²) in [6.45, 7) is 0. The second-order valence-electron chi connectivity index (χ2n) is 6.44. The fourth-order valence-corrected chi connectivity index (χ4v) is 2.94. The Labute approximate surface area is 151 Å². The monoisotopic (exact) mass is 352 g/mol. The third-order valence-corrected chi connectivity index (χ3v) is 4.33. The molecule has 1 heterocycles. The summed E-state index contributed by atoms with van der Waals surface area (Å²) >= 11 is 0. The van der Waals surface area contributed by atoms with Gasteiger partial charge >= 0.3 is 5.88 Å². The summed E-state index contributed by atoms with van der Waals surface area (Å²) in [5.41, 5.74) is 3.45. The van der Waals surface area contributed by atoms with Crippen LogP contribution in [0.4, 0.5) is 11.6 Å². The van der Waals surface area contributed by atoms with Crippen LogP contribution in [0.1, 0.15) is 30.6 Å². The van der Waals surface area contributed by atoms with E-state index in [4.69, 9.17) is 4.42 Å². The zero-order valence-corrected chi connectivity index (χ0v) is 14.8. The van der Waals surface area contributed by atoms with Crippen LogP contribution >= 0.6 is 0 Å². The lowest BCUT2D eigenvalue weighted by molar-refractivity contribution is -0.402. The van der Waals surface area contributed by atoms with Crippen LogP contribution in [0.15, 0.2) is 52.0 Å². The highest BCUT2D eigenvalue weighted by atomic mass is 16.6. The number of carbonyl (C=O) groups is 1. The van der Waals surface area contributed by atoms with Gasteiger partial charge in [-0.2, -0.15) is 0 Å². The molecule has 0 radical (unpaired) electrons. The number of rotatable bonds is 4. The predicted octanol–water partition coefficient (Wildman–Crippen LogP) is 4.47. The highest BCUT2D eigenvalue weighted by Crippen LogP contribution is 2.29. The first kappa shape index (κ1) is 17.7. The smallest absolute Gasteiger partial charge is 0.401 e. The molecule has 0 unspecified atom stereocenters. The van der Waals surface area contributed by atoms with Crippen LogP contribution in [0.5, 0.6) is 0 Å². The van der Waals surface area contributed by atoms with Gasteiger partial charge < -0.3 is 9.32 Å². The Bertz CT molecular complexity index is 889. The number of anilines is 1. The lowest BCUT2D eigenvalue weighted by atomic mass is 9.87. The Kier molecular flexibility index (Phi) is 5.02. The maximum absolute atomic E-state index is 12.7. The number of ketones is 1. The first-order valence-electron chi connectivity index (χ1n) is 8.41. The van der Waals surface area contributed by atoms with Crippen molar-refractivity contribution in [3.63, 3.8) is 0 Å². The Morgan fingerprint density at radius 2 is 1.69 bits per heavy atom. The van der Waals surface area contributed by atoms with Gasteiger partial charge in [0.05, 0.1) is 6.07 Å². The first-order chi connectivity index (χ1) is 12.4. The number of benzene rings is 1. The van der Waals surface area contributed by atoms with E-state index in [1.807, 2.05) is 49.3 Å². The molecule has 0 atom stereocenters. The molecule has 1 saturated carbocycles. The number of nitrogens with zero attached hydrogens (tertiary/aromatic N) is 2. The average Bonchev–Trinajstić information content (AvgIpc) is 3.08. The summed E-state index contributed by atoms with van der Waals surface area (Å²) < 4.78 is 5.13. The summed E-state index contributed by atoms with van der Waals surface area (Å²) in [6, 6.07) is 10.8. The van der Waals surface area contributed by atoms with Crippen LogP contribution in [0.3, 0.4) is 0 Å². The summed E-state index contributed by atoms with van der Waals surface area (Å²) in [5.74, 6) is -0.0134. The van der Waals surface area contributed by atoms with Gasteiger partial charge in [-0.25, -0.2) is 0 Å². The molecule has 1 aromatic heterocycles. The average molecular weight is 352 g/mol. The number of furan rings is 1. The van der Waals surface area contributed by atoms with Gasteiger partial charge in [-0.3, -0.25) is 14.9 Å². The van der Waals surface area contributed by atoms with Crippen molar-refractivity contribution < 1.29 is 14.1 Å². The molecule has 6 heteroatoms. The number of hydrogen-bond acceptors (Lipinski definition) is 5. The summed E-state index contributed by atoms with van der Waals surface area (Å²) in [5, 5.41) is 10.7. The number of hydrogen-bond donors (Lipinski definition) is 0. The first-order valence-corrected chi connectivity index (χ1v) is 8.41. The Morgan fingerprint density at radius 3 is 2.27 bits per heavy atom. The quantitative estimate of drug-likeness (QED) is 0.461. The molecule has 1 aliphatic carbocycles. The number of Topliss-reactive ketones (excluding diaryl/α,β-unsaturated/α-hetero) is 1. The lowest BCUT2D eigenvalue weighted by Crippen LogP contribution is -2.12. The zero-order valence-electron chi connectivity index (χ0n) is 14.8. The van der Waals surface area contributed by atoms with Crippen molar-refractivity contribution in [2.24, 2.45) is 0 Å². The van der Waals surface area contributed by atoms with Crippen molar-refractivity contribution in [3.05, 3.63) is 69.0 Å². The Balaban J connectivity index is 1.82. The van der Waals surface area contributed by atoms with E-state index in [1.165, 1.54) is 12.1 Å². The van der Waals surface area contributed by atoms with Gasteiger partial charge in [0.1, 0.15) is 10.7 Å². The molecule has 6 nitrogen and oxygen atoms in total. The fraction of sp³-hybridized carbons (Fsp3) is 0.250. The van der Waals surface area contributed by atoms with Gasteiger partial charge in [0.2, 0.25) is 0 Å². The zero-order chi connectivity index (χ0) is 18.7. The van der Waals surface area contributed by atoms with E-state index < -0.39 is 4.92 Å². The summed E-state index contributed by atoms with van der Waals surface area (Å²) in [4.78, 5) is 24.9. The SMILES string of the molecule is CN(C)c1ccc(C=C2CCC/C(=C/c3ccc([N+](=O)[O-])o3)C2=O)cc1. The maximum atomic E-state index is 12.7. The van der Waals surface area contributed by atoms with Crippen molar-refractivity contribution in [1.82, 2.24) is 0 Å². The van der Waals surface area contributed by atoms with Gasteiger partial charge in [-0.05, 0) is 55.2 Å². The molecule has 1 fully saturated rings. The molecule has 134 valence electrons. The largest absolute Gasteiger partial charge is 0.433 e. The van der Waals surface area contributed by atoms with E-state index in [-0.39, 0.29) is 11.7 Å². The van der Waals surface area contributed by atoms with Gasteiger partial charge in [-0.1, -0.05) is 12.1 Å². The number of nitro groups is 1.